The molecule has 0 saturated carbocycles. The van der Waals surface area contributed by atoms with Crippen LogP contribution in [0.3, 0.4) is 0 Å². The average molecular weight is 386 g/mol. The number of hydrogen-bond donors (Lipinski definition) is 1. The molecular weight excluding hydrogens is 370 g/mol. The average Bonchev–Trinajstić information content (AvgIpc) is 3.21. The van der Waals surface area contributed by atoms with Crippen molar-refractivity contribution in [3.63, 3.8) is 0 Å². The normalized spacial score (nSPS) is 14.2. The second-order valence-electron chi connectivity index (χ2n) is 6.20. The molecule has 7 heteroatoms. The first kappa shape index (κ1) is 17.0. The van der Waals surface area contributed by atoms with E-state index in [0.29, 0.717) is 28.7 Å². The molecule has 0 bridgehead atoms. The summed E-state index contributed by atoms with van der Waals surface area (Å²) in [5, 5.41) is 4.01. The van der Waals surface area contributed by atoms with E-state index < -0.39 is 0 Å². The summed E-state index contributed by atoms with van der Waals surface area (Å²) in [5.41, 5.74) is 2.38. The number of fused-ring (bicyclic) bond motifs is 1. The summed E-state index contributed by atoms with van der Waals surface area (Å²) in [7, 11) is 0. The number of amides is 2. The quantitative estimate of drug-likeness (QED) is 0.727. The highest BCUT2D eigenvalue weighted by molar-refractivity contribution is 7.22. The van der Waals surface area contributed by atoms with Crippen LogP contribution in [0.4, 0.5) is 5.13 Å². The van der Waals surface area contributed by atoms with Crippen LogP contribution < -0.4 is 5.32 Å². The molecule has 0 aliphatic carbocycles. The molecule has 2 heterocycles. The molecule has 1 N–H and O–H groups in total. The Morgan fingerprint density at radius 2 is 2.04 bits per heavy atom. The molecular formula is C19H16ClN3O2S. The first-order valence-electron chi connectivity index (χ1n) is 8.33. The third-order valence-corrected chi connectivity index (χ3v) is 5.50. The monoisotopic (exact) mass is 385 g/mol. The fourth-order valence-corrected chi connectivity index (χ4v) is 4.11. The van der Waals surface area contributed by atoms with Gasteiger partial charge in [-0.15, -0.1) is 0 Å². The minimum atomic E-state index is -0.209. The molecule has 1 saturated heterocycles. The van der Waals surface area contributed by atoms with Crippen LogP contribution in [0.5, 0.6) is 0 Å². The molecule has 2 aromatic carbocycles. The summed E-state index contributed by atoms with van der Waals surface area (Å²) in [6, 6.07) is 12.8. The summed E-state index contributed by atoms with van der Waals surface area (Å²) in [6.45, 7) is 1.40. The lowest BCUT2D eigenvalue weighted by molar-refractivity contribution is -0.128. The Balaban J connectivity index is 1.44. The van der Waals surface area contributed by atoms with Gasteiger partial charge >= 0.3 is 0 Å². The Bertz CT molecular complexity index is 984. The summed E-state index contributed by atoms with van der Waals surface area (Å²) in [6.07, 6.45) is 1.56. The van der Waals surface area contributed by atoms with E-state index >= 15 is 0 Å². The van der Waals surface area contributed by atoms with Gasteiger partial charge in [-0.2, -0.15) is 0 Å². The van der Waals surface area contributed by atoms with Gasteiger partial charge in [-0.1, -0.05) is 35.1 Å². The van der Waals surface area contributed by atoms with Crippen molar-refractivity contribution in [1.82, 2.24) is 9.88 Å². The van der Waals surface area contributed by atoms with E-state index in [1.807, 2.05) is 29.2 Å². The standard InChI is InChI=1S/C19H16ClN3O2S/c20-14-7-8-15-16(10-14)26-19(21-15)22-18(25)13-5-3-12(4-6-13)11-23-9-1-2-17(23)24/h3-8,10H,1-2,9,11H2,(H,21,22,25). The maximum Gasteiger partial charge on any atom is 0.257 e. The van der Waals surface area contributed by atoms with E-state index in [-0.39, 0.29) is 11.8 Å². The third-order valence-electron chi connectivity index (χ3n) is 4.33. The van der Waals surface area contributed by atoms with E-state index in [9.17, 15) is 9.59 Å². The van der Waals surface area contributed by atoms with Gasteiger partial charge in [0, 0.05) is 30.1 Å². The Morgan fingerprint density at radius 1 is 1.23 bits per heavy atom. The van der Waals surface area contributed by atoms with Crippen LogP contribution in [0.1, 0.15) is 28.8 Å². The van der Waals surface area contributed by atoms with Gasteiger partial charge in [-0.3, -0.25) is 14.9 Å². The predicted molar refractivity (Wildman–Crippen MR) is 104 cm³/mol. The molecule has 0 spiro atoms. The van der Waals surface area contributed by atoms with E-state index in [1.54, 1.807) is 18.2 Å². The lowest BCUT2D eigenvalue weighted by atomic mass is 10.1. The van der Waals surface area contributed by atoms with Crippen LogP contribution in [0.2, 0.25) is 5.02 Å². The van der Waals surface area contributed by atoms with Gasteiger partial charge in [-0.25, -0.2) is 4.98 Å². The van der Waals surface area contributed by atoms with Crippen LogP contribution in [0.15, 0.2) is 42.5 Å². The predicted octanol–water partition coefficient (Wildman–Crippen LogP) is 4.32. The van der Waals surface area contributed by atoms with Crippen LogP contribution in [0.25, 0.3) is 10.2 Å². The van der Waals surface area contributed by atoms with Crippen molar-refractivity contribution in [2.24, 2.45) is 0 Å². The largest absolute Gasteiger partial charge is 0.338 e. The maximum absolute atomic E-state index is 12.4. The number of aromatic nitrogens is 1. The number of nitrogens with one attached hydrogen (secondary N) is 1. The van der Waals surface area contributed by atoms with E-state index in [2.05, 4.69) is 10.3 Å². The van der Waals surface area contributed by atoms with Crippen LogP contribution >= 0.6 is 22.9 Å². The zero-order valence-electron chi connectivity index (χ0n) is 13.9. The van der Waals surface area contributed by atoms with E-state index in [0.717, 1.165) is 28.7 Å². The number of nitrogens with zero attached hydrogens (tertiary/aromatic N) is 2. The molecule has 1 aliphatic rings. The minimum Gasteiger partial charge on any atom is -0.338 e. The number of rotatable bonds is 4. The highest BCUT2D eigenvalue weighted by Crippen LogP contribution is 2.28. The second-order valence-corrected chi connectivity index (χ2v) is 7.67. The first-order valence-corrected chi connectivity index (χ1v) is 9.52. The molecule has 1 aromatic heterocycles. The Morgan fingerprint density at radius 3 is 2.77 bits per heavy atom. The van der Waals surface area contributed by atoms with E-state index in [1.165, 1.54) is 11.3 Å². The number of thiazole rings is 1. The van der Waals surface area contributed by atoms with Gasteiger partial charge < -0.3 is 4.90 Å². The Kier molecular flexibility index (Phi) is 4.61. The van der Waals surface area contributed by atoms with Crippen molar-refractivity contribution in [2.75, 3.05) is 11.9 Å². The summed E-state index contributed by atoms with van der Waals surface area (Å²) in [5.74, 6) is -0.0123. The number of carbonyl (C=O) groups excluding carboxylic acids is 2. The van der Waals surface area contributed by atoms with Crippen molar-refractivity contribution < 1.29 is 9.59 Å². The maximum atomic E-state index is 12.4. The van der Waals surface area contributed by atoms with Gasteiger partial charge in [0.2, 0.25) is 5.91 Å². The smallest absolute Gasteiger partial charge is 0.257 e. The molecule has 1 fully saturated rings. The van der Waals surface area contributed by atoms with Gasteiger partial charge in [0.25, 0.3) is 5.91 Å². The molecule has 0 atom stereocenters. The van der Waals surface area contributed by atoms with Crippen LogP contribution in [-0.2, 0) is 11.3 Å². The molecule has 0 radical (unpaired) electrons. The second kappa shape index (κ2) is 7.05. The number of hydrogen-bond acceptors (Lipinski definition) is 4. The molecule has 4 rings (SSSR count). The third kappa shape index (κ3) is 3.57. The molecule has 2 amide bonds. The Hall–Kier alpha value is -2.44. The van der Waals surface area contributed by atoms with Gasteiger partial charge in [0.1, 0.15) is 0 Å². The lowest BCUT2D eigenvalue weighted by Crippen LogP contribution is -2.23. The molecule has 1 aliphatic heterocycles. The zero-order chi connectivity index (χ0) is 18.1. The topological polar surface area (TPSA) is 62.3 Å². The zero-order valence-corrected chi connectivity index (χ0v) is 15.4. The number of benzene rings is 2. The molecule has 132 valence electrons. The van der Waals surface area contributed by atoms with Gasteiger partial charge in [0.15, 0.2) is 5.13 Å². The SMILES string of the molecule is O=C(Nc1nc2ccc(Cl)cc2s1)c1ccc(CN2CCCC2=O)cc1. The fraction of sp³-hybridized carbons (Fsp3) is 0.211. The van der Waals surface area contributed by atoms with Crippen LogP contribution in [-0.4, -0.2) is 28.2 Å². The number of carbonyl (C=O) groups is 2. The van der Waals surface area contributed by atoms with Crippen molar-refractivity contribution in [3.8, 4) is 0 Å². The van der Waals surface area contributed by atoms with Gasteiger partial charge in [0.05, 0.1) is 10.2 Å². The van der Waals surface area contributed by atoms with Crippen molar-refractivity contribution in [2.45, 2.75) is 19.4 Å². The Labute approximate surface area is 159 Å². The lowest BCUT2D eigenvalue weighted by Gasteiger charge is -2.15. The van der Waals surface area contributed by atoms with E-state index in [4.69, 9.17) is 11.6 Å². The fourth-order valence-electron chi connectivity index (χ4n) is 2.97. The highest BCUT2D eigenvalue weighted by atomic mass is 35.5. The van der Waals surface area contributed by atoms with Crippen molar-refractivity contribution >= 4 is 50.1 Å². The molecule has 26 heavy (non-hydrogen) atoms. The summed E-state index contributed by atoms with van der Waals surface area (Å²) < 4.78 is 0.929. The highest BCUT2D eigenvalue weighted by Gasteiger charge is 2.20. The van der Waals surface area contributed by atoms with Crippen molar-refractivity contribution in [3.05, 3.63) is 58.6 Å². The molecule has 0 unspecified atom stereocenters. The number of anilines is 1. The molecule has 5 nitrogen and oxygen atoms in total. The number of likely N-dealkylation sites (tertiary alicyclic amines) is 1. The van der Waals surface area contributed by atoms with Crippen molar-refractivity contribution in [1.29, 1.82) is 0 Å². The van der Waals surface area contributed by atoms with Crippen LogP contribution in [0, 0.1) is 0 Å². The first-order chi connectivity index (χ1) is 12.6. The summed E-state index contributed by atoms with van der Waals surface area (Å²) >= 11 is 7.37. The minimum absolute atomic E-state index is 0.197. The molecule has 3 aromatic rings. The summed E-state index contributed by atoms with van der Waals surface area (Å²) in [4.78, 5) is 30.4. The number of halogens is 1. The van der Waals surface area contributed by atoms with Gasteiger partial charge in [-0.05, 0) is 42.3 Å².